The average molecular weight is 544 g/mol. The number of hydrogen-bond donors (Lipinski definition) is 3. The van der Waals surface area contributed by atoms with Crippen molar-refractivity contribution in [3.8, 4) is 18.1 Å². The minimum Gasteiger partial charge on any atom is -0.465 e. The van der Waals surface area contributed by atoms with Gasteiger partial charge in [0, 0.05) is 7.05 Å². The number of rotatable bonds is 11. The summed E-state index contributed by atoms with van der Waals surface area (Å²) < 4.78 is 38.0. The molecule has 0 amide bonds. The van der Waals surface area contributed by atoms with Crippen LogP contribution in [0.2, 0.25) is 0 Å². The Bertz CT molecular complexity index is 1360. The highest BCUT2D eigenvalue weighted by molar-refractivity contribution is 7.52. The molecule has 0 bridgehead atoms. The Kier molecular flexibility index (Phi) is 8.48. The summed E-state index contributed by atoms with van der Waals surface area (Å²) in [6.07, 6.45) is 6.60. The molecule has 1 aliphatic rings. The number of carbonyl (C=O) groups excluding carboxylic acids is 1. The number of imidazole rings is 1. The molecular weight excluding hydrogens is 513 g/mol. The summed E-state index contributed by atoms with van der Waals surface area (Å²) >= 11 is 0. The Labute approximate surface area is 220 Å². The topological polar surface area (TPSA) is 165 Å². The fourth-order valence-electron chi connectivity index (χ4n) is 4.01. The lowest BCUT2D eigenvalue weighted by Gasteiger charge is -2.24. The molecule has 4 unspecified atom stereocenters. The largest absolute Gasteiger partial charge is 0.465 e. The molecule has 2 aromatic heterocycles. The summed E-state index contributed by atoms with van der Waals surface area (Å²) in [4.78, 5) is 25.0. The molecule has 0 spiro atoms. The van der Waals surface area contributed by atoms with E-state index in [2.05, 4.69) is 31.3 Å². The van der Waals surface area contributed by atoms with Gasteiger partial charge in [-0.3, -0.25) is 13.9 Å². The number of hydrogen-bond acceptors (Lipinski definition) is 11. The van der Waals surface area contributed by atoms with Gasteiger partial charge in [-0.1, -0.05) is 24.1 Å². The molecule has 4 N–H and O–H groups in total. The second-order valence-corrected chi connectivity index (χ2v) is 10.2. The predicted molar refractivity (Wildman–Crippen MR) is 140 cm³/mol. The van der Waals surface area contributed by atoms with Crippen molar-refractivity contribution < 1.29 is 27.9 Å². The van der Waals surface area contributed by atoms with Crippen LogP contribution in [-0.4, -0.2) is 57.9 Å². The number of nitrogens with one attached hydrogen (secondary N) is 2. The Hall–Kier alpha value is -3.69. The molecule has 1 aromatic carbocycles. The first-order valence-electron chi connectivity index (χ1n) is 12.0. The van der Waals surface area contributed by atoms with E-state index >= 15 is 0 Å². The Morgan fingerprint density at radius 3 is 2.82 bits per heavy atom. The van der Waals surface area contributed by atoms with Crippen molar-refractivity contribution in [1.82, 2.24) is 24.6 Å². The molecular formula is C24H30N7O6P. The summed E-state index contributed by atoms with van der Waals surface area (Å²) in [5, 5.41) is 5.59. The SMILES string of the molecule is C#C[C@H]1CC(COP(=O)(NC(C)C(=O)OCC)Oc2ccccc2)OC1n1cnc2c(NC)nc(N)nc21. The van der Waals surface area contributed by atoms with E-state index in [9.17, 15) is 9.36 Å². The molecule has 0 radical (unpaired) electrons. The van der Waals surface area contributed by atoms with Crippen molar-refractivity contribution in [3.05, 3.63) is 36.7 Å². The number of benzene rings is 1. The maximum Gasteiger partial charge on any atom is 0.459 e. The van der Waals surface area contributed by atoms with Gasteiger partial charge in [0.05, 0.1) is 31.6 Å². The number of terminal acetylenes is 1. The van der Waals surface area contributed by atoms with Gasteiger partial charge in [0.25, 0.3) is 0 Å². The molecule has 4 rings (SSSR count). The zero-order valence-corrected chi connectivity index (χ0v) is 22.1. The lowest BCUT2D eigenvalue weighted by molar-refractivity contribution is -0.144. The maximum atomic E-state index is 13.7. The molecule has 0 saturated carbocycles. The van der Waals surface area contributed by atoms with E-state index in [1.165, 1.54) is 6.92 Å². The first-order chi connectivity index (χ1) is 18.3. The second-order valence-electron chi connectivity index (χ2n) is 8.46. The van der Waals surface area contributed by atoms with Gasteiger partial charge in [0.1, 0.15) is 11.8 Å². The van der Waals surface area contributed by atoms with E-state index in [0.717, 1.165) is 0 Å². The summed E-state index contributed by atoms with van der Waals surface area (Å²) in [7, 11) is -2.33. The smallest absolute Gasteiger partial charge is 0.459 e. The van der Waals surface area contributed by atoms with Gasteiger partial charge in [-0.15, -0.1) is 6.42 Å². The van der Waals surface area contributed by atoms with Gasteiger partial charge in [0.15, 0.2) is 23.2 Å². The Morgan fingerprint density at radius 1 is 1.37 bits per heavy atom. The van der Waals surface area contributed by atoms with Gasteiger partial charge in [0.2, 0.25) is 5.95 Å². The highest BCUT2D eigenvalue weighted by Gasteiger charge is 2.39. The molecule has 0 aliphatic carbocycles. The quantitative estimate of drug-likeness (QED) is 0.184. The highest BCUT2D eigenvalue weighted by Crippen LogP contribution is 2.46. The maximum absolute atomic E-state index is 13.7. The minimum atomic E-state index is -4.04. The normalized spacial score (nSPS) is 21.4. The van der Waals surface area contributed by atoms with Crippen LogP contribution in [0.4, 0.5) is 11.8 Å². The number of carbonyl (C=O) groups is 1. The third kappa shape index (κ3) is 6.06. The number of nitrogens with zero attached hydrogens (tertiary/aromatic N) is 4. The number of ether oxygens (including phenoxy) is 2. The predicted octanol–water partition coefficient (Wildman–Crippen LogP) is 2.73. The van der Waals surface area contributed by atoms with Crippen molar-refractivity contribution in [2.24, 2.45) is 5.92 Å². The molecule has 1 fully saturated rings. The third-order valence-electron chi connectivity index (χ3n) is 5.75. The van der Waals surface area contributed by atoms with E-state index in [-0.39, 0.29) is 25.1 Å². The molecule has 13 nitrogen and oxygen atoms in total. The summed E-state index contributed by atoms with van der Waals surface area (Å²) in [5.41, 5.74) is 6.84. The van der Waals surface area contributed by atoms with Crippen LogP contribution in [0.3, 0.4) is 0 Å². The molecule has 14 heteroatoms. The van der Waals surface area contributed by atoms with Crippen LogP contribution in [0.15, 0.2) is 36.7 Å². The lowest BCUT2D eigenvalue weighted by Crippen LogP contribution is -2.35. The van der Waals surface area contributed by atoms with Gasteiger partial charge >= 0.3 is 13.7 Å². The lowest BCUT2D eigenvalue weighted by atomic mass is 10.0. The van der Waals surface area contributed by atoms with E-state index < -0.39 is 32.1 Å². The monoisotopic (exact) mass is 543 g/mol. The van der Waals surface area contributed by atoms with Crippen molar-refractivity contribution >= 4 is 36.6 Å². The summed E-state index contributed by atoms with van der Waals surface area (Å²) in [5.74, 6) is 2.63. The number of nitrogens with two attached hydrogens (primary N) is 1. The average Bonchev–Trinajstić information content (AvgIpc) is 3.51. The van der Waals surface area contributed by atoms with Gasteiger partial charge in [-0.05, 0) is 32.4 Å². The van der Waals surface area contributed by atoms with Crippen LogP contribution < -0.4 is 20.7 Å². The summed E-state index contributed by atoms with van der Waals surface area (Å²) in [6, 6.07) is 7.53. The van der Waals surface area contributed by atoms with Crippen LogP contribution in [0.1, 0.15) is 26.5 Å². The van der Waals surface area contributed by atoms with Crippen molar-refractivity contribution in [1.29, 1.82) is 0 Å². The van der Waals surface area contributed by atoms with Crippen LogP contribution in [0.25, 0.3) is 11.2 Å². The van der Waals surface area contributed by atoms with Gasteiger partial charge in [-0.25, -0.2) is 9.55 Å². The van der Waals surface area contributed by atoms with E-state index in [1.54, 1.807) is 55.2 Å². The van der Waals surface area contributed by atoms with Crippen LogP contribution in [-0.2, 0) is 23.4 Å². The molecule has 202 valence electrons. The zero-order chi connectivity index (χ0) is 27.3. The van der Waals surface area contributed by atoms with Crippen molar-refractivity contribution in [2.45, 2.75) is 38.6 Å². The molecule has 5 atom stereocenters. The number of nitrogen functional groups attached to an aromatic ring is 1. The summed E-state index contributed by atoms with van der Waals surface area (Å²) in [6.45, 7) is 3.23. The van der Waals surface area contributed by atoms with E-state index in [4.69, 9.17) is 30.7 Å². The number of para-hydroxylation sites is 1. The van der Waals surface area contributed by atoms with Crippen LogP contribution in [0.5, 0.6) is 5.75 Å². The number of fused-ring (bicyclic) bond motifs is 1. The molecule has 1 saturated heterocycles. The highest BCUT2D eigenvalue weighted by atomic mass is 31.2. The minimum absolute atomic E-state index is 0.0690. The fraction of sp³-hybridized carbons (Fsp3) is 0.417. The molecule has 1 aliphatic heterocycles. The molecule has 3 aromatic rings. The number of esters is 1. The number of aromatic nitrogens is 4. The molecule has 38 heavy (non-hydrogen) atoms. The molecule has 3 heterocycles. The fourth-order valence-corrected chi connectivity index (χ4v) is 5.53. The first kappa shape index (κ1) is 27.3. The van der Waals surface area contributed by atoms with Gasteiger partial charge < -0.3 is 25.0 Å². The number of anilines is 2. The third-order valence-corrected chi connectivity index (χ3v) is 7.39. The zero-order valence-electron chi connectivity index (χ0n) is 21.2. The second kappa shape index (κ2) is 11.8. The van der Waals surface area contributed by atoms with E-state index in [1.807, 2.05) is 0 Å². The standard InChI is InChI=1S/C24H30N7O6P/c1-5-16-12-18(36-22(16)31-14-27-19-20(26-4)28-24(25)29-21(19)31)13-35-38(33,30-15(3)23(32)34-6-2)37-17-10-8-7-9-11-17/h1,7-11,14-16,18,22H,6,12-13H2,2-4H3,(H,30,33)(H3,25,26,28,29)/t15?,16-,18?,22?,38?/m0/s1. The Balaban J connectivity index is 1.52. The van der Waals surface area contributed by atoms with Crippen molar-refractivity contribution in [3.63, 3.8) is 0 Å². The Morgan fingerprint density at radius 2 is 2.13 bits per heavy atom. The van der Waals surface area contributed by atoms with Crippen LogP contribution >= 0.6 is 7.75 Å². The first-order valence-corrected chi connectivity index (χ1v) is 13.5. The van der Waals surface area contributed by atoms with Crippen LogP contribution in [0, 0.1) is 18.3 Å². The van der Waals surface area contributed by atoms with E-state index in [0.29, 0.717) is 29.2 Å². The van der Waals surface area contributed by atoms with Crippen molar-refractivity contribution in [2.75, 3.05) is 31.3 Å². The van der Waals surface area contributed by atoms with Gasteiger partial charge in [-0.2, -0.15) is 15.1 Å².